The fourth-order valence-electron chi connectivity index (χ4n) is 2.34. The largest absolute Gasteiger partial charge is 0.355 e. The first-order valence-electron chi connectivity index (χ1n) is 6.61. The lowest BCUT2D eigenvalue weighted by molar-refractivity contribution is 0.0961. The van der Waals surface area contributed by atoms with Gasteiger partial charge < -0.3 is 5.32 Å². The molecule has 0 aliphatic carbocycles. The van der Waals surface area contributed by atoms with Crippen LogP contribution in [0.15, 0.2) is 24.4 Å². The predicted octanol–water partition coefficient (Wildman–Crippen LogP) is 2.35. The van der Waals surface area contributed by atoms with Crippen LogP contribution in [0.5, 0.6) is 0 Å². The van der Waals surface area contributed by atoms with Crippen LogP contribution in [0, 0.1) is 20.8 Å². The smallest absolute Gasteiger partial charge is 0.254 e. The second-order valence-electron chi connectivity index (χ2n) is 5.03. The van der Waals surface area contributed by atoms with E-state index in [1.165, 1.54) is 11.1 Å². The molecular formula is C16H19N3O. The molecule has 1 heterocycles. The molecule has 1 aromatic heterocycles. The van der Waals surface area contributed by atoms with Crippen molar-refractivity contribution in [3.05, 3.63) is 58.2 Å². The molecule has 1 amide bonds. The average molecular weight is 269 g/mol. The number of aryl methyl sites for hydroxylation is 3. The standard InChI is InChI=1S/C16H19N3O/c1-10-5-11(2)7-13(6-10)8-15-14(16(20)17-4)9-18-12(3)19-15/h5-7,9H,8H2,1-4H3,(H,17,20). The Kier molecular flexibility index (Phi) is 4.13. The van der Waals surface area contributed by atoms with Gasteiger partial charge in [-0.15, -0.1) is 0 Å². The molecule has 0 saturated heterocycles. The normalized spacial score (nSPS) is 10.4. The van der Waals surface area contributed by atoms with Gasteiger partial charge in [-0.3, -0.25) is 4.79 Å². The summed E-state index contributed by atoms with van der Waals surface area (Å²) in [7, 11) is 1.61. The van der Waals surface area contributed by atoms with Gasteiger partial charge in [0.05, 0.1) is 11.3 Å². The topological polar surface area (TPSA) is 54.9 Å². The van der Waals surface area contributed by atoms with Crippen molar-refractivity contribution in [1.29, 1.82) is 0 Å². The first-order chi connectivity index (χ1) is 9.49. The molecule has 0 unspecified atom stereocenters. The van der Waals surface area contributed by atoms with Crippen molar-refractivity contribution in [2.45, 2.75) is 27.2 Å². The fourth-order valence-corrected chi connectivity index (χ4v) is 2.34. The van der Waals surface area contributed by atoms with Crippen LogP contribution >= 0.6 is 0 Å². The van der Waals surface area contributed by atoms with Crippen molar-refractivity contribution in [3.8, 4) is 0 Å². The van der Waals surface area contributed by atoms with E-state index in [0.717, 1.165) is 11.3 Å². The zero-order chi connectivity index (χ0) is 14.7. The van der Waals surface area contributed by atoms with E-state index in [0.29, 0.717) is 17.8 Å². The molecule has 20 heavy (non-hydrogen) atoms. The van der Waals surface area contributed by atoms with Crippen LogP contribution in [0.3, 0.4) is 0 Å². The Balaban J connectivity index is 2.41. The second kappa shape index (κ2) is 5.82. The monoisotopic (exact) mass is 269 g/mol. The summed E-state index contributed by atoms with van der Waals surface area (Å²) in [5.41, 5.74) is 4.89. The molecule has 0 fully saturated rings. The van der Waals surface area contributed by atoms with E-state index >= 15 is 0 Å². The van der Waals surface area contributed by atoms with Crippen molar-refractivity contribution in [1.82, 2.24) is 15.3 Å². The number of hydrogen-bond donors (Lipinski definition) is 1. The van der Waals surface area contributed by atoms with Gasteiger partial charge in [0.15, 0.2) is 0 Å². The van der Waals surface area contributed by atoms with Crippen LogP contribution in [0.25, 0.3) is 0 Å². The number of hydrogen-bond acceptors (Lipinski definition) is 3. The summed E-state index contributed by atoms with van der Waals surface area (Å²) >= 11 is 0. The van der Waals surface area contributed by atoms with Crippen LogP contribution in [0.2, 0.25) is 0 Å². The highest BCUT2D eigenvalue weighted by atomic mass is 16.1. The Morgan fingerprint density at radius 2 is 1.80 bits per heavy atom. The van der Waals surface area contributed by atoms with E-state index in [4.69, 9.17) is 0 Å². The zero-order valence-electron chi connectivity index (χ0n) is 12.3. The molecule has 4 heteroatoms. The SMILES string of the molecule is CNC(=O)c1cnc(C)nc1Cc1cc(C)cc(C)c1. The third-order valence-electron chi connectivity index (χ3n) is 3.11. The van der Waals surface area contributed by atoms with Gasteiger partial charge in [0.25, 0.3) is 5.91 Å². The lowest BCUT2D eigenvalue weighted by atomic mass is 10.0. The highest BCUT2D eigenvalue weighted by molar-refractivity contribution is 5.94. The Labute approximate surface area is 119 Å². The van der Waals surface area contributed by atoms with Crippen molar-refractivity contribution in [2.24, 2.45) is 0 Å². The van der Waals surface area contributed by atoms with E-state index in [9.17, 15) is 4.79 Å². The average Bonchev–Trinajstić information content (AvgIpc) is 2.37. The van der Waals surface area contributed by atoms with Crippen LogP contribution in [0.4, 0.5) is 0 Å². The first-order valence-corrected chi connectivity index (χ1v) is 6.61. The molecule has 1 N–H and O–H groups in total. The van der Waals surface area contributed by atoms with Gasteiger partial charge in [0.1, 0.15) is 5.82 Å². The molecule has 0 bridgehead atoms. The van der Waals surface area contributed by atoms with Crippen molar-refractivity contribution in [2.75, 3.05) is 7.05 Å². The van der Waals surface area contributed by atoms with Gasteiger partial charge in [-0.05, 0) is 26.3 Å². The number of benzene rings is 1. The maximum absolute atomic E-state index is 11.9. The number of rotatable bonds is 3. The summed E-state index contributed by atoms with van der Waals surface area (Å²) in [6.07, 6.45) is 2.23. The van der Waals surface area contributed by atoms with Crippen LogP contribution in [0.1, 0.15) is 38.6 Å². The molecule has 0 aliphatic rings. The van der Waals surface area contributed by atoms with Crippen molar-refractivity contribution in [3.63, 3.8) is 0 Å². The number of amides is 1. The summed E-state index contributed by atoms with van der Waals surface area (Å²) in [5.74, 6) is 0.529. The summed E-state index contributed by atoms with van der Waals surface area (Å²) in [6.45, 7) is 5.97. The van der Waals surface area contributed by atoms with Crippen molar-refractivity contribution >= 4 is 5.91 Å². The number of carbonyl (C=O) groups excluding carboxylic acids is 1. The van der Waals surface area contributed by atoms with Crippen LogP contribution in [-0.4, -0.2) is 22.9 Å². The molecular weight excluding hydrogens is 250 g/mol. The Morgan fingerprint density at radius 1 is 1.15 bits per heavy atom. The van der Waals surface area contributed by atoms with Crippen LogP contribution < -0.4 is 5.32 Å². The van der Waals surface area contributed by atoms with Gasteiger partial charge in [-0.25, -0.2) is 9.97 Å². The minimum absolute atomic E-state index is 0.149. The molecule has 0 radical (unpaired) electrons. The van der Waals surface area contributed by atoms with E-state index in [1.807, 2.05) is 6.92 Å². The molecule has 104 valence electrons. The highest BCUT2D eigenvalue weighted by Gasteiger charge is 2.13. The third kappa shape index (κ3) is 3.20. The maximum atomic E-state index is 11.9. The van der Waals surface area contributed by atoms with E-state index in [2.05, 4.69) is 47.3 Å². The lowest BCUT2D eigenvalue weighted by Crippen LogP contribution is -2.21. The quantitative estimate of drug-likeness (QED) is 0.930. The molecule has 2 rings (SSSR count). The molecule has 4 nitrogen and oxygen atoms in total. The predicted molar refractivity (Wildman–Crippen MR) is 78.9 cm³/mol. The summed E-state index contributed by atoms with van der Waals surface area (Å²) in [6, 6.07) is 6.38. The van der Waals surface area contributed by atoms with Gasteiger partial charge in [-0.2, -0.15) is 0 Å². The molecule has 0 atom stereocenters. The molecule has 0 aliphatic heterocycles. The minimum atomic E-state index is -0.149. The number of aromatic nitrogens is 2. The van der Waals surface area contributed by atoms with Crippen molar-refractivity contribution < 1.29 is 4.79 Å². The first kappa shape index (κ1) is 14.2. The minimum Gasteiger partial charge on any atom is -0.355 e. The summed E-state index contributed by atoms with van der Waals surface area (Å²) < 4.78 is 0. The lowest BCUT2D eigenvalue weighted by Gasteiger charge is -2.09. The Bertz CT molecular complexity index is 630. The van der Waals surface area contributed by atoms with E-state index in [-0.39, 0.29) is 5.91 Å². The fraction of sp³-hybridized carbons (Fsp3) is 0.312. The second-order valence-corrected chi connectivity index (χ2v) is 5.03. The molecule has 2 aromatic rings. The Morgan fingerprint density at radius 3 is 2.40 bits per heavy atom. The number of nitrogens with zero attached hydrogens (tertiary/aromatic N) is 2. The summed E-state index contributed by atoms with van der Waals surface area (Å²) in [5, 5.41) is 2.63. The van der Waals surface area contributed by atoms with Gasteiger partial charge >= 0.3 is 0 Å². The number of nitrogens with one attached hydrogen (secondary N) is 1. The van der Waals surface area contributed by atoms with E-state index in [1.54, 1.807) is 13.2 Å². The highest BCUT2D eigenvalue weighted by Crippen LogP contribution is 2.15. The zero-order valence-corrected chi connectivity index (χ0v) is 12.3. The number of carbonyl (C=O) groups is 1. The molecule has 1 aromatic carbocycles. The van der Waals surface area contributed by atoms with Crippen LogP contribution in [-0.2, 0) is 6.42 Å². The van der Waals surface area contributed by atoms with Gasteiger partial charge in [0.2, 0.25) is 0 Å². The molecule has 0 saturated carbocycles. The molecule has 0 spiro atoms. The Hall–Kier alpha value is -2.23. The maximum Gasteiger partial charge on any atom is 0.254 e. The third-order valence-corrected chi connectivity index (χ3v) is 3.11. The van der Waals surface area contributed by atoms with E-state index < -0.39 is 0 Å². The summed E-state index contributed by atoms with van der Waals surface area (Å²) in [4.78, 5) is 20.4. The van der Waals surface area contributed by atoms with Gasteiger partial charge in [-0.1, -0.05) is 29.3 Å². The van der Waals surface area contributed by atoms with Gasteiger partial charge in [0, 0.05) is 19.7 Å².